The molecule has 8 heteroatoms. The highest BCUT2D eigenvalue weighted by Gasteiger charge is 2.17. The quantitative estimate of drug-likeness (QED) is 0.631. The number of nitrogens with one attached hydrogen (secondary N) is 1. The molecule has 0 spiro atoms. The minimum absolute atomic E-state index is 0.250. The van der Waals surface area contributed by atoms with E-state index in [0.717, 1.165) is 12.2 Å². The van der Waals surface area contributed by atoms with Gasteiger partial charge in [0.05, 0.1) is 0 Å². The van der Waals surface area contributed by atoms with E-state index >= 15 is 0 Å². The second-order valence-corrected chi connectivity index (χ2v) is 4.11. The molecule has 0 aliphatic carbocycles. The number of hydrogen-bond donors (Lipinski definition) is 3. The van der Waals surface area contributed by atoms with E-state index in [1.807, 2.05) is 17.7 Å². The molecule has 1 unspecified atom stereocenters. The molecule has 0 radical (unpaired) electrons. The van der Waals surface area contributed by atoms with Crippen molar-refractivity contribution in [3.05, 3.63) is 18.2 Å². The minimum Gasteiger partial charge on any atom is -0.483 e. The van der Waals surface area contributed by atoms with Crippen molar-refractivity contribution in [2.45, 2.75) is 45.7 Å². The van der Waals surface area contributed by atoms with Gasteiger partial charge in [0, 0.05) is 31.8 Å². The second-order valence-electron chi connectivity index (χ2n) is 4.11. The lowest BCUT2D eigenvalue weighted by Gasteiger charge is -2.12. The zero-order valence-electron chi connectivity index (χ0n) is 12.2. The van der Waals surface area contributed by atoms with Crippen molar-refractivity contribution in [3.8, 4) is 0 Å². The van der Waals surface area contributed by atoms with Crippen molar-refractivity contribution in [1.29, 1.82) is 0 Å². The molecule has 0 saturated heterocycles. The van der Waals surface area contributed by atoms with Crippen LogP contribution in [0.2, 0.25) is 0 Å². The van der Waals surface area contributed by atoms with Crippen LogP contribution in [0.1, 0.15) is 32.5 Å². The number of carbonyl (C=O) groups excluding carboxylic acids is 1. The van der Waals surface area contributed by atoms with Crippen LogP contribution in [0.5, 0.6) is 0 Å². The van der Waals surface area contributed by atoms with Crippen molar-refractivity contribution < 1.29 is 24.6 Å². The first kappa shape index (κ1) is 18.6. The van der Waals surface area contributed by atoms with Crippen molar-refractivity contribution in [2.24, 2.45) is 0 Å². The van der Waals surface area contributed by atoms with Gasteiger partial charge < -0.3 is 20.1 Å². The Bertz CT molecular complexity index is 458. The highest BCUT2D eigenvalue weighted by molar-refractivity contribution is 5.83. The summed E-state index contributed by atoms with van der Waals surface area (Å²) in [5.74, 6) is -0.323. The molecule has 1 aromatic rings. The molecule has 0 aliphatic heterocycles. The summed E-state index contributed by atoms with van der Waals surface area (Å²) in [6, 6.07) is -0.800. The summed E-state index contributed by atoms with van der Waals surface area (Å²) in [6.45, 7) is 3.99. The molecule has 1 atom stereocenters. The van der Waals surface area contributed by atoms with E-state index in [2.05, 4.69) is 10.3 Å². The Morgan fingerprint density at radius 3 is 2.57 bits per heavy atom. The van der Waals surface area contributed by atoms with Gasteiger partial charge in [-0.15, -0.1) is 0 Å². The summed E-state index contributed by atoms with van der Waals surface area (Å²) in [7, 11) is 0. The zero-order chi connectivity index (χ0) is 16.3. The average Bonchev–Trinajstić information content (AvgIpc) is 2.90. The number of nitrogens with zero attached hydrogens (tertiary/aromatic N) is 2. The van der Waals surface area contributed by atoms with E-state index in [-0.39, 0.29) is 18.8 Å². The van der Waals surface area contributed by atoms with Gasteiger partial charge in [-0.2, -0.15) is 0 Å². The van der Waals surface area contributed by atoms with Gasteiger partial charge >= 0.3 is 5.97 Å². The molecule has 1 rings (SSSR count). The third-order valence-corrected chi connectivity index (χ3v) is 2.74. The summed E-state index contributed by atoms with van der Waals surface area (Å²) < 4.78 is 1.90. The van der Waals surface area contributed by atoms with Gasteiger partial charge in [-0.05, 0) is 6.42 Å². The van der Waals surface area contributed by atoms with Gasteiger partial charge in [0.15, 0.2) is 0 Å². The number of aromatic nitrogens is 2. The number of hydrogen-bond acceptors (Lipinski definition) is 4. The standard InChI is InChI=1S/C12H19N3O3.CH2O2/c1-3-9(12(17)18)14-11(16)5-7-15-8-6-13-10(15)4-2;2-1-3/h6,8-9H,3-5,7H2,1-2H3,(H,14,16)(H,17,18);1H,(H,2,3). The molecule has 3 N–H and O–H groups in total. The molecule has 0 bridgehead atoms. The lowest BCUT2D eigenvalue weighted by atomic mass is 10.2. The first-order valence-corrected chi connectivity index (χ1v) is 6.60. The topological polar surface area (TPSA) is 122 Å². The average molecular weight is 299 g/mol. The number of carbonyl (C=O) groups is 3. The van der Waals surface area contributed by atoms with E-state index in [9.17, 15) is 9.59 Å². The molecule has 1 amide bonds. The highest BCUT2D eigenvalue weighted by atomic mass is 16.4. The second kappa shape index (κ2) is 10.4. The van der Waals surface area contributed by atoms with Gasteiger partial charge in [0.2, 0.25) is 5.91 Å². The van der Waals surface area contributed by atoms with Crippen LogP contribution >= 0.6 is 0 Å². The van der Waals surface area contributed by atoms with Crippen LogP contribution in [-0.2, 0) is 27.3 Å². The molecule has 118 valence electrons. The van der Waals surface area contributed by atoms with Gasteiger partial charge in [0.25, 0.3) is 6.47 Å². The van der Waals surface area contributed by atoms with Gasteiger partial charge in [-0.25, -0.2) is 9.78 Å². The predicted octanol–water partition coefficient (Wildman–Crippen LogP) is 0.516. The lowest BCUT2D eigenvalue weighted by molar-refractivity contribution is -0.141. The molecule has 0 aromatic carbocycles. The highest BCUT2D eigenvalue weighted by Crippen LogP contribution is 2.01. The van der Waals surface area contributed by atoms with E-state index in [1.54, 1.807) is 13.1 Å². The minimum atomic E-state index is -0.997. The predicted molar refractivity (Wildman–Crippen MR) is 74.8 cm³/mol. The Morgan fingerprint density at radius 2 is 2.10 bits per heavy atom. The summed E-state index contributed by atoms with van der Waals surface area (Å²) in [4.78, 5) is 34.9. The zero-order valence-corrected chi connectivity index (χ0v) is 12.2. The molecule has 8 nitrogen and oxygen atoms in total. The van der Waals surface area contributed by atoms with Gasteiger partial charge in [-0.1, -0.05) is 13.8 Å². The van der Waals surface area contributed by atoms with E-state index in [0.29, 0.717) is 13.0 Å². The Kier molecular flexibility index (Phi) is 9.23. The maximum Gasteiger partial charge on any atom is 0.326 e. The Labute approximate surface area is 122 Å². The largest absolute Gasteiger partial charge is 0.483 e. The van der Waals surface area contributed by atoms with Crippen molar-refractivity contribution in [3.63, 3.8) is 0 Å². The number of rotatable bonds is 7. The van der Waals surface area contributed by atoms with E-state index < -0.39 is 12.0 Å². The Morgan fingerprint density at radius 1 is 1.48 bits per heavy atom. The normalized spacial score (nSPS) is 11.0. The van der Waals surface area contributed by atoms with E-state index in [1.165, 1.54) is 0 Å². The molecular formula is C13H21N3O5. The lowest BCUT2D eigenvalue weighted by Crippen LogP contribution is -2.40. The van der Waals surface area contributed by atoms with E-state index in [4.69, 9.17) is 15.0 Å². The number of aliphatic carboxylic acids is 1. The summed E-state index contributed by atoms with van der Waals surface area (Å²) in [6.07, 6.45) is 4.96. The molecule has 21 heavy (non-hydrogen) atoms. The maximum absolute atomic E-state index is 11.6. The first-order valence-electron chi connectivity index (χ1n) is 6.60. The smallest absolute Gasteiger partial charge is 0.326 e. The third-order valence-electron chi connectivity index (χ3n) is 2.74. The number of carboxylic acids is 1. The summed E-state index contributed by atoms with van der Waals surface area (Å²) in [5.41, 5.74) is 0. The van der Waals surface area contributed by atoms with Crippen LogP contribution in [0.3, 0.4) is 0 Å². The van der Waals surface area contributed by atoms with Gasteiger partial charge in [-0.3, -0.25) is 9.59 Å². The SMILES string of the molecule is CCc1nccn1CCC(=O)NC(CC)C(=O)O.O=CO. The maximum atomic E-state index is 11.6. The van der Waals surface area contributed by atoms with Crippen LogP contribution in [0.25, 0.3) is 0 Å². The molecule has 0 fully saturated rings. The van der Waals surface area contributed by atoms with Crippen molar-refractivity contribution >= 4 is 18.3 Å². The van der Waals surface area contributed by atoms with Gasteiger partial charge in [0.1, 0.15) is 11.9 Å². The molecular weight excluding hydrogens is 278 g/mol. The summed E-state index contributed by atoms with van der Waals surface area (Å²) >= 11 is 0. The number of amides is 1. The van der Waals surface area contributed by atoms with Crippen molar-refractivity contribution in [2.75, 3.05) is 0 Å². The molecule has 1 heterocycles. The molecule has 0 aliphatic rings. The Balaban J connectivity index is 0.00000122. The van der Waals surface area contributed by atoms with Crippen LogP contribution < -0.4 is 5.32 Å². The number of imidazole rings is 1. The molecule has 1 aromatic heterocycles. The molecule has 0 saturated carbocycles. The monoisotopic (exact) mass is 299 g/mol. The third kappa shape index (κ3) is 7.09. The fourth-order valence-electron chi connectivity index (χ4n) is 1.68. The van der Waals surface area contributed by atoms with Crippen molar-refractivity contribution in [1.82, 2.24) is 14.9 Å². The first-order chi connectivity index (χ1) is 9.99. The number of carboxylic acid groups (broad SMARTS) is 2. The number of aryl methyl sites for hydroxylation is 2. The van der Waals surface area contributed by atoms with Crippen LogP contribution in [0, 0.1) is 0 Å². The Hall–Kier alpha value is -2.38. The fraction of sp³-hybridized carbons (Fsp3) is 0.538. The fourth-order valence-corrected chi connectivity index (χ4v) is 1.68. The summed E-state index contributed by atoms with van der Waals surface area (Å²) in [5, 5.41) is 18.2. The van der Waals surface area contributed by atoms with Crippen LogP contribution in [0.15, 0.2) is 12.4 Å². The van der Waals surface area contributed by atoms with Crippen LogP contribution in [-0.4, -0.2) is 44.2 Å². The van der Waals surface area contributed by atoms with Crippen LogP contribution in [0.4, 0.5) is 0 Å².